The quantitative estimate of drug-likeness (QED) is 0.00783. The van der Waals surface area contributed by atoms with Crippen molar-refractivity contribution in [2.75, 3.05) is 80.7 Å². The lowest BCUT2D eigenvalue weighted by Crippen LogP contribution is -2.53. The summed E-state index contributed by atoms with van der Waals surface area (Å²) in [6, 6.07) is 38.3. The van der Waals surface area contributed by atoms with Crippen molar-refractivity contribution in [2.24, 2.45) is 17.6 Å². The number of nitrogens with two attached hydrogens (primary N) is 1. The van der Waals surface area contributed by atoms with Gasteiger partial charge in [0.25, 0.3) is 43.6 Å². The molecule has 10 N–H and O–H groups in total. The van der Waals surface area contributed by atoms with Crippen molar-refractivity contribution >= 4 is 183 Å². The van der Waals surface area contributed by atoms with E-state index in [0.29, 0.717) is 66.9 Å². The van der Waals surface area contributed by atoms with E-state index in [9.17, 15) is 29.7 Å². The van der Waals surface area contributed by atoms with E-state index in [2.05, 4.69) is 176 Å². The van der Waals surface area contributed by atoms with Gasteiger partial charge in [-0.15, -0.1) is 0 Å². The van der Waals surface area contributed by atoms with E-state index in [0.717, 1.165) is 0 Å². The van der Waals surface area contributed by atoms with Crippen molar-refractivity contribution in [3.63, 3.8) is 0 Å². The Hall–Kier alpha value is -10.9. The fraction of sp³-hybridized carbons (Fsp3) is 0.447. The van der Waals surface area contributed by atoms with Crippen molar-refractivity contribution in [3.05, 3.63) is 206 Å². The van der Waals surface area contributed by atoms with Gasteiger partial charge in [-0.05, 0) is 132 Å². The predicted molar refractivity (Wildman–Crippen MR) is 574 cm³/mol. The highest BCUT2D eigenvalue weighted by Gasteiger charge is 2.57. The van der Waals surface area contributed by atoms with Crippen LogP contribution < -0.4 is 42.3 Å². The molecular weight excluding hydrogens is 2120 g/mol. The summed E-state index contributed by atoms with van der Waals surface area (Å²) < 4.78 is 94.1. The SMILES string of the molecule is C[C@@H]1[C@H](N)[C@@H](COP(=S)(N[C@H]2[C@@H](O[Si](C)(C)C(C)(C)C)[C@H](n3cnc4c(NC(=O)c5ccccc5)ncnc43)O[C@@H]2COP=S)OCCC#N)O[C@H]1n1cnc2c(NC(=O)c3ccccc3)ncnc21.N#CCCO.[C-]#[N+]CCOP1(=S)N[C@H]2[C@@H](C)[C@H](n3cnc4c(NC(=O)c5ccccc5)ncnc43)O[C@@H]2COP(=S)(OCCC#N)N[C@H]2[C@@H](O[Si](C)(C)C(C)(C)C)[C@H](n3cnc4c(NC(=O)c5ccccc5)ncnc43)O[C@@H]2CO1. The lowest BCUT2D eigenvalue weighted by Gasteiger charge is -2.41. The van der Waals surface area contributed by atoms with E-state index in [1.54, 1.807) is 147 Å². The van der Waals surface area contributed by atoms with E-state index in [4.69, 9.17) is 134 Å². The Bertz CT molecular complexity index is 7130. The molecule has 4 amide bonds. The molecular formula is C94H114N28O18P4S4Si2. The van der Waals surface area contributed by atoms with Crippen LogP contribution in [0.1, 0.15) is 141 Å². The molecule has 56 heteroatoms. The number of aliphatic hydroxyl groups is 1. The topological polar surface area (TPSA) is 569 Å². The van der Waals surface area contributed by atoms with E-state index < -0.39 is 128 Å². The van der Waals surface area contributed by atoms with Gasteiger partial charge >= 0.3 is 0 Å². The van der Waals surface area contributed by atoms with Crippen LogP contribution in [0.3, 0.4) is 0 Å². The first kappa shape index (κ1) is 113. The fourth-order valence-electron chi connectivity index (χ4n) is 16.5. The average molecular weight is 2230 g/mol. The first-order valence-corrected chi connectivity index (χ1v) is 63.3. The summed E-state index contributed by atoms with van der Waals surface area (Å²) in [7, 11) is -5.10. The van der Waals surface area contributed by atoms with Crippen LogP contribution in [0, 0.1) is 52.4 Å². The van der Waals surface area contributed by atoms with Crippen LogP contribution in [0.5, 0.6) is 0 Å². The average Bonchev–Trinajstić information content (AvgIpc) is 1.60. The number of hydrogen-bond acceptors (Lipinski definition) is 38. The van der Waals surface area contributed by atoms with Gasteiger partial charge < -0.3 is 96.4 Å². The number of carbonyl (C=O) groups excluding carboxylic acids is 4. The molecule has 17 rings (SSSR count). The number of benzene rings is 4. The van der Waals surface area contributed by atoms with Crippen molar-refractivity contribution in [1.29, 1.82) is 15.8 Å². The molecule has 0 aliphatic carbocycles. The largest absolute Gasteiger partial charge is 0.408 e. The number of amides is 4. The molecule has 0 radical (unpaired) electrons. The summed E-state index contributed by atoms with van der Waals surface area (Å²) in [5.74, 6) is -1.30. The number of nitrogens with one attached hydrogen (secondary N) is 7. The van der Waals surface area contributed by atoms with E-state index in [1.165, 1.54) is 25.3 Å². The molecule has 12 aromatic rings. The number of fused-ring (bicyclic) bond motifs is 6. The number of hydrogen-bond donors (Lipinski definition) is 9. The molecule has 46 nitrogen and oxygen atoms in total. The van der Waals surface area contributed by atoms with E-state index >= 15 is 0 Å². The zero-order chi connectivity index (χ0) is 107. The second-order valence-electron chi connectivity index (χ2n) is 38.3. The number of imidazole rings is 4. The Labute approximate surface area is 888 Å². The number of carbonyl (C=O) groups is 4. The van der Waals surface area contributed by atoms with Crippen LogP contribution >= 0.6 is 27.5 Å². The first-order valence-electron chi connectivity index (χ1n) is 47.7. The number of nitriles is 3. The highest BCUT2D eigenvalue weighted by atomic mass is 32.5. The molecule has 4 aromatic carbocycles. The van der Waals surface area contributed by atoms with Crippen molar-refractivity contribution in [2.45, 2.75) is 197 Å². The normalized spacial score (nSPS) is 24.9. The van der Waals surface area contributed by atoms with Gasteiger partial charge in [0.15, 0.2) is 97.0 Å². The zero-order valence-electron chi connectivity index (χ0n) is 83.7. The minimum atomic E-state index is -3.64. The molecule has 0 saturated carbocycles. The maximum atomic E-state index is 13.4. The van der Waals surface area contributed by atoms with Crippen LogP contribution in [-0.2, 0) is 107 Å². The van der Waals surface area contributed by atoms with Gasteiger partial charge in [0.05, 0.1) is 133 Å². The third kappa shape index (κ3) is 26.4. The van der Waals surface area contributed by atoms with Gasteiger partial charge in [-0.3, -0.25) is 37.4 Å². The first-order chi connectivity index (χ1) is 71.8. The molecule has 150 heavy (non-hydrogen) atoms. The van der Waals surface area contributed by atoms with Crippen LogP contribution in [-0.4, -0.2) is 244 Å². The molecule has 19 atom stereocenters. The van der Waals surface area contributed by atoms with Crippen molar-refractivity contribution in [3.8, 4) is 18.2 Å². The minimum Gasteiger partial charge on any atom is -0.408 e. The number of rotatable bonds is 34. The van der Waals surface area contributed by atoms with Crippen LogP contribution in [0.15, 0.2) is 172 Å². The van der Waals surface area contributed by atoms with Crippen LogP contribution in [0.4, 0.5) is 23.3 Å². The molecule has 0 bridgehead atoms. The predicted octanol–water partition coefficient (Wildman–Crippen LogP) is 14.0. The fourth-order valence-corrected chi connectivity index (χ4v) is 26.6. The van der Waals surface area contributed by atoms with Gasteiger partial charge in [-0.25, -0.2) is 81.6 Å². The maximum Gasteiger partial charge on any atom is 0.261 e. The maximum absolute atomic E-state index is 13.4. The van der Waals surface area contributed by atoms with Crippen molar-refractivity contribution < 1.29 is 83.8 Å². The molecule has 5 aliphatic rings. The Kier molecular flexibility index (Phi) is 37.6. The van der Waals surface area contributed by atoms with E-state index in [-0.39, 0.29) is 149 Å². The zero-order valence-corrected chi connectivity index (χ0v) is 92.6. The van der Waals surface area contributed by atoms with Crippen LogP contribution in [0.2, 0.25) is 36.3 Å². The summed E-state index contributed by atoms with van der Waals surface area (Å²) in [6.45, 7) is 21.3. The smallest absolute Gasteiger partial charge is 0.261 e. The Morgan fingerprint density at radius 1 is 0.520 bits per heavy atom. The summed E-state index contributed by atoms with van der Waals surface area (Å²) in [5.41, 5.74) is 11.5. The molecule has 3 unspecified atom stereocenters. The Morgan fingerprint density at radius 2 is 0.887 bits per heavy atom. The van der Waals surface area contributed by atoms with Crippen molar-refractivity contribution in [1.82, 2.24) is 93.3 Å². The molecule has 5 saturated heterocycles. The van der Waals surface area contributed by atoms with Gasteiger partial charge in [-0.1, -0.05) is 128 Å². The molecule has 8 aromatic heterocycles. The summed E-state index contributed by atoms with van der Waals surface area (Å²) in [5, 5.41) is 56.2. The van der Waals surface area contributed by atoms with Gasteiger partial charge in [0.1, 0.15) is 82.5 Å². The number of anilines is 4. The molecule has 790 valence electrons. The third-order valence-corrected chi connectivity index (χ3v) is 43.6. The monoisotopic (exact) mass is 2230 g/mol. The lowest BCUT2D eigenvalue weighted by atomic mass is 10.00. The van der Waals surface area contributed by atoms with Crippen LogP contribution in [0.25, 0.3) is 49.5 Å². The second kappa shape index (κ2) is 49.9. The summed E-state index contributed by atoms with van der Waals surface area (Å²) >= 11 is 24.2. The lowest BCUT2D eigenvalue weighted by molar-refractivity contribution is -0.0441. The van der Waals surface area contributed by atoms with E-state index in [1.807, 2.05) is 38.1 Å². The summed E-state index contributed by atoms with van der Waals surface area (Å²) in [4.78, 5) is 111. The standard InChI is InChI=1S/C47H56N14O9P2S2Si.C44H53N13O8P2S2Si.C3H5NO/c1-29-34-32(68-45(29)60-27-54-36-39(50-25-52-41(36)60)56-43(62)30-15-10-8-11-16-30)23-66-72(74,64-21-14-19-48)59-35-33(24-67-71(73,58-34)65-22-20-49-5)69-46(38(35)70-75(6,7)47(2,3)4)61-28-55-37-40(51-26-53-42(37)61)57-44(63)31-17-12-9-13-18-31;1-26-31(46)29(63-42(26)56-24-51-33-36(47-22-49-38(33)56)53-40(58)27-14-9-7-10-15-27)21-62-67(69,61-19-13-18-45)55-32-30(20-60-66-68)64-43(35(32)65-70(5,6)44(2,3)4)57-25-52-34-37(48-23-50-39(34)57)54-41(59)28-16-11-8-12-17-28;4-2-1-3-5/h8-13,15-18,25-29,32-35,38,45-46H,14,20-24H2,1-4,6-7H3,(H,58,73)(H,59,74)(H,50,52,56,62)(H,51,53,57,63);7-12,14-17,22-26,29-32,35,42-43H,13,19-21,46H2,1-6H3,(H,55,69)(H,47,49,53,58)(H,48,50,54,59);5H,1,3H2/t29-,32-,33-,34+,35-,38-,45-,46-,71?,72?;26-,29-,30-,31+,32-,35-,42-,43-,67?;/m11./s1. The number of ether oxygens (including phenoxy) is 4. The van der Waals surface area contributed by atoms with Gasteiger partial charge in [0, 0.05) is 40.1 Å². The molecule has 5 fully saturated rings. The van der Waals surface area contributed by atoms with Gasteiger partial charge in [-0.2, -0.15) is 15.8 Å². The number of aromatic nitrogens is 16. The minimum absolute atomic E-state index is 0.0140. The molecule has 5 aliphatic heterocycles. The highest BCUT2D eigenvalue weighted by molar-refractivity contribution is 8.09. The molecule has 0 spiro atoms. The van der Waals surface area contributed by atoms with Gasteiger partial charge in [0.2, 0.25) is 6.54 Å². The second-order valence-corrected chi connectivity index (χ2v) is 58.3. The number of nitrogens with zero attached hydrogens (tertiary/aromatic N) is 20. The highest BCUT2D eigenvalue weighted by Crippen LogP contribution is 2.56. The summed E-state index contributed by atoms with van der Waals surface area (Å²) in [6.07, 6.45) is 3.95. The molecule has 13 heterocycles. The Balaban J connectivity index is 0.000000215. The third-order valence-electron chi connectivity index (χ3n) is 26.4. The number of aliphatic hydroxyl groups excluding tert-OH is 1. The Morgan fingerprint density at radius 3 is 1.28 bits per heavy atom.